The third-order valence-electron chi connectivity index (χ3n) is 5.96. The van der Waals surface area contributed by atoms with Gasteiger partial charge in [-0.05, 0) is 70.2 Å². The van der Waals surface area contributed by atoms with Crippen molar-refractivity contribution in [3.05, 3.63) is 71.5 Å². The van der Waals surface area contributed by atoms with Gasteiger partial charge in [0.25, 0.3) is 0 Å². The number of nitrogens with one attached hydrogen (secondary N) is 1. The second kappa shape index (κ2) is 9.72. The molecule has 2 aromatic carbocycles. The summed E-state index contributed by atoms with van der Waals surface area (Å²) in [6, 6.07) is 16.0. The van der Waals surface area contributed by atoms with Crippen LogP contribution in [0.25, 0.3) is 0 Å². The maximum Gasteiger partial charge on any atom is 0.410 e. The van der Waals surface area contributed by atoms with Gasteiger partial charge in [0.05, 0.1) is 11.5 Å². The second-order valence-electron chi connectivity index (χ2n) is 9.66. The van der Waals surface area contributed by atoms with Gasteiger partial charge in [0.1, 0.15) is 11.4 Å². The topological polar surface area (TPSA) is 58.6 Å². The van der Waals surface area contributed by atoms with Crippen LogP contribution in [-0.4, -0.2) is 35.6 Å². The van der Waals surface area contributed by atoms with E-state index in [0.29, 0.717) is 32.4 Å². The minimum absolute atomic E-state index is 0.0398. The summed E-state index contributed by atoms with van der Waals surface area (Å²) in [5.41, 5.74) is 0.685. The molecular formula is C26H33FN2O3. The van der Waals surface area contributed by atoms with Gasteiger partial charge < -0.3 is 15.0 Å². The molecular weight excluding hydrogens is 407 g/mol. The van der Waals surface area contributed by atoms with Gasteiger partial charge in [-0.15, -0.1) is 0 Å². The van der Waals surface area contributed by atoms with E-state index in [1.165, 1.54) is 12.1 Å². The van der Waals surface area contributed by atoms with Gasteiger partial charge in [0.15, 0.2) is 0 Å². The van der Waals surface area contributed by atoms with E-state index in [1.54, 1.807) is 17.0 Å². The highest BCUT2D eigenvalue weighted by molar-refractivity contribution is 5.84. The lowest BCUT2D eigenvalue weighted by atomic mass is 9.72. The Bertz CT molecular complexity index is 914. The number of likely N-dealkylation sites (tertiary alicyclic amines) is 1. The van der Waals surface area contributed by atoms with Crippen LogP contribution in [0.15, 0.2) is 54.6 Å². The van der Waals surface area contributed by atoms with Gasteiger partial charge in [-0.2, -0.15) is 0 Å². The average molecular weight is 441 g/mol. The van der Waals surface area contributed by atoms with E-state index < -0.39 is 11.0 Å². The Morgan fingerprint density at radius 3 is 2.22 bits per heavy atom. The van der Waals surface area contributed by atoms with Crippen LogP contribution >= 0.6 is 0 Å². The van der Waals surface area contributed by atoms with Gasteiger partial charge in [0, 0.05) is 13.1 Å². The zero-order valence-corrected chi connectivity index (χ0v) is 19.4. The molecule has 2 aromatic rings. The molecule has 3 rings (SSSR count). The first-order chi connectivity index (χ1) is 15.1. The highest BCUT2D eigenvalue weighted by Crippen LogP contribution is 2.37. The Morgan fingerprint density at radius 1 is 1.06 bits per heavy atom. The fourth-order valence-electron chi connectivity index (χ4n) is 4.10. The van der Waals surface area contributed by atoms with Gasteiger partial charge in [-0.3, -0.25) is 4.79 Å². The number of benzene rings is 2. The SMILES string of the molecule is CC(NC(=O)C1(Cc2ccc(F)cc2)CCN(C(=O)OC(C)(C)C)CC1)c1ccccc1. The third-order valence-corrected chi connectivity index (χ3v) is 5.96. The molecule has 1 saturated heterocycles. The van der Waals surface area contributed by atoms with Crippen molar-refractivity contribution < 1.29 is 18.7 Å². The summed E-state index contributed by atoms with van der Waals surface area (Å²) in [6.07, 6.45) is 1.16. The van der Waals surface area contributed by atoms with E-state index in [2.05, 4.69) is 5.32 Å². The monoisotopic (exact) mass is 440 g/mol. The van der Waals surface area contributed by atoms with E-state index in [1.807, 2.05) is 58.0 Å². The fourth-order valence-corrected chi connectivity index (χ4v) is 4.10. The van der Waals surface area contributed by atoms with Gasteiger partial charge in [-0.25, -0.2) is 9.18 Å². The van der Waals surface area contributed by atoms with Crippen molar-refractivity contribution >= 4 is 12.0 Å². The van der Waals surface area contributed by atoms with Crippen molar-refractivity contribution in [2.45, 2.75) is 58.6 Å². The number of hydrogen-bond acceptors (Lipinski definition) is 3. The Hall–Kier alpha value is -2.89. The highest BCUT2D eigenvalue weighted by Gasteiger charge is 2.43. The van der Waals surface area contributed by atoms with E-state index in [4.69, 9.17) is 4.74 Å². The van der Waals surface area contributed by atoms with Crippen molar-refractivity contribution in [2.75, 3.05) is 13.1 Å². The summed E-state index contributed by atoms with van der Waals surface area (Å²) in [7, 11) is 0. The number of carbonyl (C=O) groups excluding carboxylic acids is 2. The molecule has 2 amide bonds. The zero-order valence-electron chi connectivity index (χ0n) is 19.4. The molecule has 1 aliphatic heterocycles. The van der Waals surface area contributed by atoms with Crippen LogP contribution < -0.4 is 5.32 Å². The second-order valence-corrected chi connectivity index (χ2v) is 9.66. The smallest absolute Gasteiger partial charge is 0.410 e. The van der Waals surface area contributed by atoms with Crippen molar-refractivity contribution in [3.63, 3.8) is 0 Å². The fraction of sp³-hybridized carbons (Fsp3) is 0.462. The minimum atomic E-state index is -0.681. The molecule has 1 heterocycles. The molecule has 1 aliphatic rings. The summed E-state index contributed by atoms with van der Waals surface area (Å²) in [4.78, 5) is 27.7. The van der Waals surface area contributed by atoms with Gasteiger partial charge in [-0.1, -0.05) is 42.5 Å². The Labute approximate surface area is 190 Å². The summed E-state index contributed by atoms with van der Waals surface area (Å²) < 4.78 is 18.9. The maximum absolute atomic E-state index is 13.6. The average Bonchev–Trinajstić information content (AvgIpc) is 2.75. The lowest BCUT2D eigenvalue weighted by Gasteiger charge is -2.41. The van der Waals surface area contributed by atoms with Crippen LogP contribution in [0.2, 0.25) is 0 Å². The van der Waals surface area contributed by atoms with E-state index in [0.717, 1.165) is 11.1 Å². The molecule has 0 aliphatic carbocycles. The number of carbonyl (C=O) groups is 2. The number of ether oxygens (including phenoxy) is 1. The molecule has 0 radical (unpaired) electrons. The summed E-state index contributed by atoms with van der Waals surface area (Å²) in [5, 5.41) is 3.17. The van der Waals surface area contributed by atoms with Crippen LogP contribution in [-0.2, 0) is 16.0 Å². The highest BCUT2D eigenvalue weighted by atomic mass is 19.1. The third kappa shape index (κ3) is 6.09. The van der Waals surface area contributed by atoms with E-state index in [9.17, 15) is 14.0 Å². The number of rotatable bonds is 5. The van der Waals surface area contributed by atoms with Gasteiger partial charge >= 0.3 is 6.09 Å². The van der Waals surface area contributed by atoms with Gasteiger partial charge in [0.2, 0.25) is 5.91 Å². The molecule has 1 unspecified atom stereocenters. The molecule has 1 fully saturated rings. The van der Waals surface area contributed by atoms with Crippen LogP contribution in [0.1, 0.15) is 57.7 Å². The number of piperidine rings is 1. The summed E-state index contributed by atoms with van der Waals surface area (Å²) >= 11 is 0. The molecule has 0 bridgehead atoms. The number of halogens is 1. The normalized spacial score (nSPS) is 16.8. The molecule has 6 heteroatoms. The predicted octanol–water partition coefficient (Wildman–Crippen LogP) is 5.26. The number of amides is 2. The Balaban J connectivity index is 1.77. The van der Waals surface area contributed by atoms with Crippen LogP contribution in [0.4, 0.5) is 9.18 Å². The number of nitrogens with zero attached hydrogens (tertiary/aromatic N) is 1. The van der Waals surface area contributed by atoms with Crippen molar-refractivity contribution in [3.8, 4) is 0 Å². The van der Waals surface area contributed by atoms with Crippen molar-refractivity contribution in [1.29, 1.82) is 0 Å². The molecule has 5 nitrogen and oxygen atoms in total. The van der Waals surface area contributed by atoms with Crippen molar-refractivity contribution in [1.82, 2.24) is 10.2 Å². The molecule has 0 spiro atoms. The lowest BCUT2D eigenvalue weighted by molar-refractivity contribution is -0.134. The summed E-state index contributed by atoms with van der Waals surface area (Å²) in [6.45, 7) is 8.35. The number of hydrogen-bond donors (Lipinski definition) is 1. The largest absolute Gasteiger partial charge is 0.444 e. The first kappa shape index (κ1) is 23.8. The van der Waals surface area contributed by atoms with Crippen molar-refractivity contribution in [2.24, 2.45) is 5.41 Å². The molecule has 1 N–H and O–H groups in total. The lowest BCUT2D eigenvalue weighted by Crippen LogP contribution is -2.52. The first-order valence-corrected chi connectivity index (χ1v) is 11.2. The standard InChI is InChI=1S/C26H33FN2O3/c1-19(21-8-6-5-7-9-21)28-23(30)26(18-20-10-12-22(27)13-11-20)14-16-29(17-15-26)24(31)32-25(2,3)4/h5-13,19H,14-18H2,1-4H3,(H,28,30). The summed E-state index contributed by atoms with van der Waals surface area (Å²) in [5.74, 6) is -0.341. The molecule has 0 saturated carbocycles. The maximum atomic E-state index is 13.6. The first-order valence-electron chi connectivity index (χ1n) is 11.2. The minimum Gasteiger partial charge on any atom is -0.444 e. The Kier molecular flexibility index (Phi) is 7.22. The molecule has 32 heavy (non-hydrogen) atoms. The predicted molar refractivity (Wildman–Crippen MR) is 123 cm³/mol. The van der Waals surface area contributed by atoms with Crippen LogP contribution in [0.5, 0.6) is 0 Å². The van der Waals surface area contributed by atoms with Crippen LogP contribution in [0, 0.1) is 11.2 Å². The van der Waals surface area contributed by atoms with E-state index >= 15 is 0 Å². The Morgan fingerprint density at radius 2 is 1.66 bits per heavy atom. The zero-order chi connectivity index (χ0) is 23.4. The van der Waals surface area contributed by atoms with Crippen LogP contribution in [0.3, 0.4) is 0 Å². The van der Waals surface area contributed by atoms with E-state index in [-0.39, 0.29) is 23.9 Å². The molecule has 1 atom stereocenters. The molecule has 172 valence electrons. The molecule has 0 aromatic heterocycles. The quantitative estimate of drug-likeness (QED) is 0.690.